The minimum absolute atomic E-state index is 0.108. The smallest absolute Gasteiger partial charge is 0.321 e. The minimum atomic E-state index is -1.16. The third-order valence-electron chi connectivity index (χ3n) is 5.38. The number of carboxylic acids is 1. The van der Waals surface area contributed by atoms with Crippen molar-refractivity contribution in [1.29, 1.82) is 0 Å². The lowest BCUT2D eigenvalue weighted by atomic mass is 9.91. The number of likely N-dealkylation sites (tertiary alicyclic amines) is 1. The first kappa shape index (κ1) is 25.0. The zero-order chi connectivity index (χ0) is 22.0. The SMILES string of the molecule is CCCCOC(=O)C1C(C=O)CN(CC(CC)C(COC)NC(C)=O)C1C(=O)O. The lowest BCUT2D eigenvalue weighted by Crippen LogP contribution is -2.50. The van der Waals surface area contributed by atoms with Crippen molar-refractivity contribution in [2.45, 2.75) is 52.1 Å². The zero-order valence-corrected chi connectivity index (χ0v) is 17.8. The van der Waals surface area contributed by atoms with Gasteiger partial charge in [-0.25, -0.2) is 0 Å². The highest BCUT2D eigenvalue weighted by Gasteiger charge is 2.51. The monoisotopic (exact) mass is 414 g/mol. The molecule has 1 fully saturated rings. The van der Waals surface area contributed by atoms with Crippen LogP contribution < -0.4 is 5.32 Å². The van der Waals surface area contributed by atoms with E-state index in [0.29, 0.717) is 25.7 Å². The Hall–Kier alpha value is -2.00. The number of amides is 1. The fourth-order valence-electron chi connectivity index (χ4n) is 3.88. The van der Waals surface area contributed by atoms with Crippen molar-refractivity contribution in [2.24, 2.45) is 17.8 Å². The van der Waals surface area contributed by atoms with E-state index in [2.05, 4.69) is 5.32 Å². The molecule has 0 spiro atoms. The van der Waals surface area contributed by atoms with Crippen LogP contribution in [0.5, 0.6) is 0 Å². The highest BCUT2D eigenvalue weighted by atomic mass is 16.5. The Morgan fingerprint density at radius 2 is 2.00 bits per heavy atom. The van der Waals surface area contributed by atoms with Crippen LogP contribution >= 0.6 is 0 Å². The maximum Gasteiger partial charge on any atom is 0.321 e. The molecule has 0 radical (unpaired) electrons. The first-order valence-electron chi connectivity index (χ1n) is 10.1. The lowest BCUT2D eigenvalue weighted by molar-refractivity contribution is -0.157. The highest BCUT2D eigenvalue weighted by molar-refractivity contribution is 5.87. The summed E-state index contributed by atoms with van der Waals surface area (Å²) in [5, 5.41) is 12.6. The highest BCUT2D eigenvalue weighted by Crippen LogP contribution is 2.32. The number of nitrogens with zero attached hydrogens (tertiary/aromatic N) is 1. The number of rotatable bonds is 13. The van der Waals surface area contributed by atoms with Gasteiger partial charge in [0.15, 0.2) is 0 Å². The van der Waals surface area contributed by atoms with E-state index >= 15 is 0 Å². The molecule has 29 heavy (non-hydrogen) atoms. The Morgan fingerprint density at radius 1 is 1.31 bits per heavy atom. The summed E-state index contributed by atoms with van der Waals surface area (Å²) in [7, 11) is 1.53. The molecule has 1 rings (SSSR count). The predicted octanol–water partition coefficient (Wildman–Crippen LogP) is 0.707. The van der Waals surface area contributed by atoms with Crippen LogP contribution in [-0.4, -0.2) is 79.6 Å². The molecular weight excluding hydrogens is 380 g/mol. The van der Waals surface area contributed by atoms with Crippen LogP contribution in [0.2, 0.25) is 0 Å². The molecule has 0 aromatic carbocycles. The zero-order valence-electron chi connectivity index (χ0n) is 17.8. The van der Waals surface area contributed by atoms with Crippen LogP contribution in [0.25, 0.3) is 0 Å². The molecule has 9 nitrogen and oxygen atoms in total. The van der Waals surface area contributed by atoms with Gasteiger partial charge >= 0.3 is 11.9 Å². The normalized spacial score (nSPS) is 23.9. The molecule has 166 valence electrons. The summed E-state index contributed by atoms with van der Waals surface area (Å²) in [5.74, 6) is -3.91. The van der Waals surface area contributed by atoms with Crippen molar-refractivity contribution in [3.05, 3.63) is 0 Å². The van der Waals surface area contributed by atoms with E-state index in [4.69, 9.17) is 9.47 Å². The van der Waals surface area contributed by atoms with Gasteiger partial charge in [0.2, 0.25) is 5.91 Å². The Bertz CT molecular complexity index is 569. The molecule has 0 bridgehead atoms. The number of aliphatic carboxylic acids is 1. The number of carboxylic acid groups (broad SMARTS) is 1. The van der Waals surface area contributed by atoms with Crippen LogP contribution in [0.15, 0.2) is 0 Å². The summed E-state index contributed by atoms with van der Waals surface area (Å²) in [6.45, 7) is 6.26. The van der Waals surface area contributed by atoms with Gasteiger partial charge in [-0.3, -0.25) is 19.3 Å². The molecule has 5 atom stereocenters. The molecule has 9 heteroatoms. The second kappa shape index (κ2) is 12.5. The summed E-state index contributed by atoms with van der Waals surface area (Å²) in [6.07, 6.45) is 2.82. The molecular formula is C20H34N2O7. The second-order valence-corrected chi connectivity index (χ2v) is 7.51. The summed E-state index contributed by atoms with van der Waals surface area (Å²) in [5.41, 5.74) is 0. The van der Waals surface area contributed by atoms with Crippen LogP contribution in [0.1, 0.15) is 40.0 Å². The van der Waals surface area contributed by atoms with Crippen molar-refractivity contribution in [1.82, 2.24) is 10.2 Å². The molecule has 2 N–H and O–H groups in total. The van der Waals surface area contributed by atoms with E-state index in [0.717, 1.165) is 6.42 Å². The maximum absolute atomic E-state index is 12.5. The molecule has 1 heterocycles. The molecule has 1 amide bonds. The van der Waals surface area contributed by atoms with E-state index in [-0.39, 0.29) is 37.6 Å². The fraction of sp³-hybridized carbons (Fsp3) is 0.800. The largest absolute Gasteiger partial charge is 0.480 e. The predicted molar refractivity (Wildman–Crippen MR) is 105 cm³/mol. The number of aldehydes is 1. The quantitative estimate of drug-likeness (QED) is 0.257. The summed E-state index contributed by atoms with van der Waals surface area (Å²) in [6, 6.07) is -1.45. The van der Waals surface area contributed by atoms with E-state index < -0.39 is 29.8 Å². The van der Waals surface area contributed by atoms with Gasteiger partial charge in [-0.05, 0) is 12.3 Å². The molecule has 0 saturated carbocycles. The number of hydrogen-bond acceptors (Lipinski definition) is 7. The Morgan fingerprint density at radius 3 is 2.48 bits per heavy atom. The minimum Gasteiger partial charge on any atom is -0.480 e. The second-order valence-electron chi connectivity index (χ2n) is 7.51. The summed E-state index contributed by atoms with van der Waals surface area (Å²) in [4.78, 5) is 49.3. The van der Waals surface area contributed by atoms with Crippen LogP contribution in [0.3, 0.4) is 0 Å². The topological polar surface area (TPSA) is 122 Å². The van der Waals surface area contributed by atoms with E-state index in [1.807, 2.05) is 13.8 Å². The Kier molecular flexibility index (Phi) is 10.8. The summed E-state index contributed by atoms with van der Waals surface area (Å²) >= 11 is 0. The molecule has 0 aromatic heterocycles. The number of esters is 1. The molecule has 0 aromatic rings. The molecule has 1 saturated heterocycles. The molecule has 1 aliphatic rings. The number of unbranched alkanes of at least 4 members (excludes halogenated alkanes) is 1. The number of ether oxygens (including phenoxy) is 2. The Balaban J connectivity index is 3.02. The first-order valence-corrected chi connectivity index (χ1v) is 10.1. The molecule has 5 unspecified atom stereocenters. The van der Waals surface area contributed by atoms with Gasteiger partial charge in [0.1, 0.15) is 12.3 Å². The number of nitrogens with one attached hydrogen (secondary N) is 1. The molecule has 0 aliphatic carbocycles. The standard InChI is InChI=1S/C20H34N2O7/c1-5-7-8-29-20(27)17-15(11-23)10-22(18(17)19(25)26)9-14(6-2)16(12-28-4)21-13(3)24/h11,14-18H,5-10,12H2,1-4H3,(H,21,24)(H,25,26). The van der Waals surface area contributed by atoms with Crippen molar-refractivity contribution >= 4 is 24.1 Å². The van der Waals surface area contributed by atoms with E-state index in [1.165, 1.54) is 14.0 Å². The van der Waals surface area contributed by atoms with Crippen molar-refractivity contribution in [2.75, 3.05) is 33.4 Å². The van der Waals surface area contributed by atoms with Gasteiger partial charge < -0.3 is 24.7 Å². The van der Waals surface area contributed by atoms with Gasteiger partial charge in [0.25, 0.3) is 0 Å². The number of carbonyl (C=O) groups is 4. The third-order valence-corrected chi connectivity index (χ3v) is 5.38. The Labute approximate surface area is 172 Å². The van der Waals surface area contributed by atoms with Crippen LogP contribution in [0, 0.1) is 17.8 Å². The average Bonchev–Trinajstić information content (AvgIpc) is 3.04. The van der Waals surface area contributed by atoms with E-state index in [1.54, 1.807) is 4.90 Å². The fourth-order valence-corrected chi connectivity index (χ4v) is 3.88. The van der Waals surface area contributed by atoms with Gasteiger partial charge in [0, 0.05) is 33.0 Å². The van der Waals surface area contributed by atoms with Gasteiger partial charge in [-0.15, -0.1) is 0 Å². The third kappa shape index (κ3) is 7.08. The number of hydrogen-bond donors (Lipinski definition) is 2. The average molecular weight is 414 g/mol. The lowest BCUT2D eigenvalue weighted by Gasteiger charge is -2.32. The molecule has 1 aliphatic heterocycles. The van der Waals surface area contributed by atoms with Gasteiger partial charge in [-0.2, -0.15) is 0 Å². The first-order chi connectivity index (χ1) is 13.8. The summed E-state index contributed by atoms with van der Waals surface area (Å²) < 4.78 is 10.4. The van der Waals surface area contributed by atoms with Gasteiger partial charge in [-0.1, -0.05) is 26.7 Å². The van der Waals surface area contributed by atoms with Gasteiger partial charge in [0.05, 0.1) is 25.2 Å². The van der Waals surface area contributed by atoms with E-state index in [9.17, 15) is 24.3 Å². The van der Waals surface area contributed by atoms with Crippen molar-refractivity contribution < 1.29 is 33.8 Å². The van der Waals surface area contributed by atoms with Crippen molar-refractivity contribution in [3.63, 3.8) is 0 Å². The maximum atomic E-state index is 12.5. The van der Waals surface area contributed by atoms with Crippen molar-refractivity contribution in [3.8, 4) is 0 Å². The van der Waals surface area contributed by atoms with Crippen LogP contribution in [0.4, 0.5) is 0 Å². The van der Waals surface area contributed by atoms with Crippen LogP contribution in [-0.2, 0) is 28.7 Å². The number of methoxy groups -OCH3 is 1. The number of carbonyl (C=O) groups excluding carboxylic acids is 3.